The van der Waals surface area contributed by atoms with E-state index in [1.807, 2.05) is 0 Å². The van der Waals surface area contributed by atoms with Gasteiger partial charge in [0.05, 0.1) is 0 Å². The minimum atomic E-state index is 0.783. The minimum absolute atomic E-state index is 0.783. The molecule has 1 nitrogen and oxygen atoms in total. The largest absolute Gasteiger partial charge is 0.314 e. The molecule has 1 heteroatoms. The van der Waals surface area contributed by atoms with Gasteiger partial charge in [-0.25, -0.2) is 0 Å². The summed E-state index contributed by atoms with van der Waals surface area (Å²) < 4.78 is 0. The molecule has 0 aromatic heterocycles. The van der Waals surface area contributed by atoms with E-state index in [1.165, 1.54) is 51.5 Å². The maximum Gasteiger partial charge on any atom is 0.00986 e. The van der Waals surface area contributed by atoms with Gasteiger partial charge >= 0.3 is 0 Å². The number of benzene rings is 1. The molecule has 0 saturated carbocycles. The third kappa shape index (κ3) is 2.55. The van der Waals surface area contributed by atoms with Crippen molar-refractivity contribution in [2.75, 3.05) is 6.54 Å². The summed E-state index contributed by atoms with van der Waals surface area (Å²) >= 11 is 0. The van der Waals surface area contributed by atoms with Crippen molar-refractivity contribution in [3.8, 4) is 0 Å². The highest BCUT2D eigenvalue weighted by atomic mass is 14.9. The molecule has 1 aromatic carbocycles. The van der Waals surface area contributed by atoms with Gasteiger partial charge in [0.15, 0.2) is 0 Å². The Morgan fingerprint density at radius 3 is 2.76 bits per heavy atom. The van der Waals surface area contributed by atoms with Crippen LogP contribution in [0.4, 0.5) is 0 Å². The summed E-state index contributed by atoms with van der Waals surface area (Å²) in [5.41, 5.74) is 3.20. The highest BCUT2D eigenvalue weighted by Crippen LogP contribution is 2.29. The smallest absolute Gasteiger partial charge is 0.00986 e. The van der Waals surface area contributed by atoms with Gasteiger partial charge in [0.1, 0.15) is 0 Å². The van der Waals surface area contributed by atoms with E-state index < -0.39 is 0 Å². The molecular formula is C16H23N. The van der Waals surface area contributed by atoms with E-state index >= 15 is 0 Å². The SMILES string of the molecule is c1ccc2c(c1)CCC(C1CCCCCN1)C2. The van der Waals surface area contributed by atoms with Crippen molar-refractivity contribution in [2.24, 2.45) is 5.92 Å². The lowest BCUT2D eigenvalue weighted by atomic mass is 9.79. The molecule has 92 valence electrons. The molecule has 0 bridgehead atoms. The Balaban J connectivity index is 1.70. The standard InChI is InChI=1S/C16H23N/c1-2-8-16(17-11-5-1)15-10-9-13-6-3-4-7-14(13)12-15/h3-4,6-7,15-17H,1-2,5,8-12H2. The van der Waals surface area contributed by atoms with Crippen LogP contribution in [0.3, 0.4) is 0 Å². The molecule has 0 spiro atoms. The van der Waals surface area contributed by atoms with E-state index in [4.69, 9.17) is 0 Å². The van der Waals surface area contributed by atoms with Gasteiger partial charge in [-0.3, -0.25) is 0 Å². The molecule has 1 heterocycles. The van der Waals surface area contributed by atoms with Crippen LogP contribution in [0.2, 0.25) is 0 Å². The molecule has 2 unspecified atom stereocenters. The molecule has 0 radical (unpaired) electrons. The van der Waals surface area contributed by atoms with E-state index in [-0.39, 0.29) is 0 Å². The predicted octanol–water partition coefficient (Wildman–Crippen LogP) is 3.32. The molecule has 17 heavy (non-hydrogen) atoms. The van der Waals surface area contributed by atoms with Crippen LogP contribution in [-0.4, -0.2) is 12.6 Å². The molecule has 1 aliphatic heterocycles. The van der Waals surface area contributed by atoms with Crippen molar-refractivity contribution in [1.82, 2.24) is 5.32 Å². The number of rotatable bonds is 1. The first-order valence-corrected chi connectivity index (χ1v) is 7.23. The lowest BCUT2D eigenvalue weighted by Gasteiger charge is -2.31. The van der Waals surface area contributed by atoms with Gasteiger partial charge in [-0.2, -0.15) is 0 Å². The molecule has 1 saturated heterocycles. The quantitative estimate of drug-likeness (QED) is 0.779. The van der Waals surface area contributed by atoms with Crippen molar-refractivity contribution in [3.63, 3.8) is 0 Å². The highest BCUT2D eigenvalue weighted by Gasteiger charge is 2.26. The highest BCUT2D eigenvalue weighted by molar-refractivity contribution is 5.30. The summed E-state index contributed by atoms with van der Waals surface area (Å²) in [7, 11) is 0. The zero-order valence-electron chi connectivity index (χ0n) is 10.6. The van der Waals surface area contributed by atoms with Gasteiger partial charge in [0.2, 0.25) is 0 Å². The zero-order valence-corrected chi connectivity index (χ0v) is 10.6. The van der Waals surface area contributed by atoms with Gasteiger partial charge in [-0.05, 0) is 55.7 Å². The van der Waals surface area contributed by atoms with Gasteiger partial charge in [-0.15, -0.1) is 0 Å². The number of hydrogen-bond acceptors (Lipinski definition) is 1. The van der Waals surface area contributed by atoms with E-state index in [1.54, 1.807) is 11.1 Å². The average Bonchev–Trinajstić information content (AvgIpc) is 2.67. The first-order chi connectivity index (χ1) is 8.43. The number of nitrogens with one attached hydrogen (secondary N) is 1. The summed E-state index contributed by atoms with van der Waals surface area (Å²) in [6.07, 6.45) is 9.59. The third-order valence-corrected chi connectivity index (χ3v) is 4.55. The van der Waals surface area contributed by atoms with Crippen molar-refractivity contribution in [2.45, 2.75) is 51.0 Å². The summed E-state index contributed by atoms with van der Waals surface area (Å²) in [5.74, 6) is 0.878. The van der Waals surface area contributed by atoms with E-state index in [2.05, 4.69) is 29.6 Å². The Morgan fingerprint density at radius 2 is 1.82 bits per heavy atom. The summed E-state index contributed by atoms with van der Waals surface area (Å²) in [5, 5.41) is 3.78. The van der Waals surface area contributed by atoms with Crippen molar-refractivity contribution < 1.29 is 0 Å². The normalized spacial score (nSPS) is 29.4. The van der Waals surface area contributed by atoms with Crippen LogP contribution in [0.25, 0.3) is 0 Å². The fourth-order valence-corrected chi connectivity index (χ4v) is 3.53. The Bertz CT molecular complexity index is 364. The van der Waals surface area contributed by atoms with Gasteiger partial charge < -0.3 is 5.32 Å². The fraction of sp³-hybridized carbons (Fsp3) is 0.625. The second kappa shape index (κ2) is 5.22. The van der Waals surface area contributed by atoms with Crippen LogP contribution in [0, 0.1) is 5.92 Å². The maximum absolute atomic E-state index is 3.78. The average molecular weight is 229 g/mol. The Kier molecular flexibility index (Phi) is 3.46. The van der Waals surface area contributed by atoms with Crippen molar-refractivity contribution >= 4 is 0 Å². The lowest BCUT2D eigenvalue weighted by Crippen LogP contribution is -2.38. The third-order valence-electron chi connectivity index (χ3n) is 4.55. The topological polar surface area (TPSA) is 12.0 Å². The summed E-state index contributed by atoms with van der Waals surface area (Å²) in [4.78, 5) is 0. The second-order valence-electron chi connectivity index (χ2n) is 5.68. The summed E-state index contributed by atoms with van der Waals surface area (Å²) in [6.45, 7) is 1.24. The molecule has 1 fully saturated rings. The van der Waals surface area contributed by atoms with Crippen molar-refractivity contribution in [3.05, 3.63) is 35.4 Å². The van der Waals surface area contributed by atoms with E-state index in [0.717, 1.165) is 12.0 Å². The molecule has 3 rings (SSSR count). The lowest BCUT2D eigenvalue weighted by molar-refractivity contribution is 0.315. The van der Waals surface area contributed by atoms with Gasteiger partial charge in [0, 0.05) is 6.04 Å². The molecule has 1 aromatic rings. The van der Waals surface area contributed by atoms with Crippen molar-refractivity contribution in [1.29, 1.82) is 0 Å². The van der Waals surface area contributed by atoms with Crippen LogP contribution in [-0.2, 0) is 12.8 Å². The zero-order chi connectivity index (χ0) is 11.5. The molecular weight excluding hydrogens is 206 g/mol. The molecule has 1 aliphatic carbocycles. The number of fused-ring (bicyclic) bond motifs is 1. The molecule has 2 atom stereocenters. The van der Waals surface area contributed by atoms with Crippen LogP contribution in [0.1, 0.15) is 43.2 Å². The van der Waals surface area contributed by atoms with Crippen LogP contribution >= 0.6 is 0 Å². The molecule has 0 amide bonds. The van der Waals surface area contributed by atoms with Gasteiger partial charge in [0.25, 0.3) is 0 Å². The van der Waals surface area contributed by atoms with Crippen LogP contribution in [0.15, 0.2) is 24.3 Å². The number of hydrogen-bond donors (Lipinski definition) is 1. The minimum Gasteiger partial charge on any atom is -0.314 e. The Hall–Kier alpha value is -0.820. The molecule has 1 N–H and O–H groups in total. The maximum atomic E-state index is 3.78. The summed E-state index contributed by atoms with van der Waals surface area (Å²) in [6, 6.07) is 9.81. The van der Waals surface area contributed by atoms with Gasteiger partial charge in [-0.1, -0.05) is 37.1 Å². The second-order valence-corrected chi connectivity index (χ2v) is 5.68. The van der Waals surface area contributed by atoms with E-state index in [0.29, 0.717) is 0 Å². The Labute approximate surface area is 105 Å². The molecule has 2 aliphatic rings. The first-order valence-electron chi connectivity index (χ1n) is 7.23. The fourth-order valence-electron chi connectivity index (χ4n) is 3.53. The Morgan fingerprint density at radius 1 is 0.941 bits per heavy atom. The monoisotopic (exact) mass is 229 g/mol. The van der Waals surface area contributed by atoms with E-state index in [9.17, 15) is 0 Å². The van der Waals surface area contributed by atoms with Crippen LogP contribution < -0.4 is 5.32 Å². The predicted molar refractivity (Wildman–Crippen MR) is 72.2 cm³/mol. The number of aryl methyl sites for hydroxylation is 1. The first kappa shape index (κ1) is 11.3. The van der Waals surface area contributed by atoms with Crippen LogP contribution in [0.5, 0.6) is 0 Å².